The highest BCUT2D eigenvalue weighted by Gasteiger charge is 2.29. The van der Waals surface area contributed by atoms with Crippen LogP contribution in [0.5, 0.6) is 5.75 Å². The quantitative estimate of drug-likeness (QED) is 0.576. The van der Waals surface area contributed by atoms with Gasteiger partial charge in [0.1, 0.15) is 5.75 Å². The summed E-state index contributed by atoms with van der Waals surface area (Å²) in [6, 6.07) is 9.11. The standard InChI is InChI=1S/C16H23NO2/c1-3-19-10-4-9-17-15-11-14(12-15)13-5-7-16(18-2)8-6-13/h3,5-8,14-15,17H,1,4,9-12H2,2H3. The zero-order chi connectivity index (χ0) is 13.5. The number of ether oxygens (including phenoxy) is 2. The molecule has 104 valence electrons. The Kier molecular flexibility index (Phi) is 5.28. The summed E-state index contributed by atoms with van der Waals surface area (Å²) in [5.74, 6) is 1.63. The molecule has 1 aromatic rings. The normalized spacial score (nSPS) is 21.5. The molecule has 0 spiro atoms. The molecule has 1 fully saturated rings. The lowest BCUT2D eigenvalue weighted by Crippen LogP contribution is -2.40. The van der Waals surface area contributed by atoms with Gasteiger partial charge in [0.05, 0.1) is 20.0 Å². The van der Waals surface area contributed by atoms with E-state index in [2.05, 4.69) is 24.0 Å². The molecule has 2 rings (SSSR count). The molecule has 0 heterocycles. The van der Waals surface area contributed by atoms with E-state index in [1.54, 1.807) is 7.11 Å². The van der Waals surface area contributed by atoms with Crippen molar-refractivity contribution in [3.63, 3.8) is 0 Å². The first-order valence-corrected chi connectivity index (χ1v) is 6.93. The predicted molar refractivity (Wildman–Crippen MR) is 77.5 cm³/mol. The molecule has 0 aromatic heterocycles. The van der Waals surface area contributed by atoms with Crippen molar-refractivity contribution in [3.05, 3.63) is 42.7 Å². The van der Waals surface area contributed by atoms with Gasteiger partial charge < -0.3 is 14.8 Å². The van der Waals surface area contributed by atoms with E-state index in [-0.39, 0.29) is 0 Å². The maximum Gasteiger partial charge on any atom is 0.118 e. The molecule has 1 aliphatic rings. The number of rotatable bonds is 8. The van der Waals surface area contributed by atoms with Gasteiger partial charge in [0.25, 0.3) is 0 Å². The summed E-state index contributed by atoms with van der Waals surface area (Å²) in [4.78, 5) is 0. The number of hydrogen-bond donors (Lipinski definition) is 1. The fourth-order valence-corrected chi connectivity index (χ4v) is 2.48. The third kappa shape index (κ3) is 4.00. The number of hydrogen-bond acceptors (Lipinski definition) is 3. The third-order valence-corrected chi connectivity index (χ3v) is 3.72. The second-order valence-corrected chi connectivity index (χ2v) is 4.98. The Morgan fingerprint density at radius 1 is 1.32 bits per heavy atom. The van der Waals surface area contributed by atoms with Crippen LogP contribution in [0, 0.1) is 0 Å². The van der Waals surface area contributed by atoms with E-state index in [9.17, 15) is 0 Å². The first-order valence-electron chi connectivity index (χ1n) is 6.93. The van der Waals surface area contributed by atoms with Gasteiger partial charge in [-0.3, -0.25) is 0 Å². The topological polar surface area (TPSA) is 30.5 Å². The molecule has 19 heavy (non-hydrogen) atoms. The number of methoxy groups -OCH3 is 1. The van der Waals surface area contributed by atoms with Gasteiger partial charge in [-0.25, -0.2) is 0 Å². The van der Waals surface area contributed by atoms with Crippen LogP contribution in [0.15, 0.2) is 37.1 Å². The Labute approximate surface area is 115 Å². The minimum absolute atomic E-state index is 0.663. The lowest BCUT2D eigenvalue weighted by molar-refractivity contribution is 0.232. The van der Waals surface area contributed by atoms with Gasteiger partial charge >= 0.3 is 0 Å². The summed E-state index contributed by atoms with van der Waals surface area (Å²) < 4.78 is 10.3. The lowest BCUT2D eigenvalue weighted by atomic mass is 9.76. The van der Waals surface area contributed by atoms with Crippen LogP contribution in [0.25, 0.3) is 0 Å². The van der Waals surface area contributed by atoms with Gasteiger partial charge in [0, 0.05) is 6.04 Å². The van der Waals surface area contributed by atoms with E-state index in [1.165, 1.54) is 24.7 Å². The second-order valence-electron chi connectivity index (χ2n) is 4.98. The molecule has 0 radical (unpaired) electrons. The zero-order valence-electron chi connectivity index (χ0n) is 11.6. The first kappa shape index (κ1) is 13.9. The highest BCUT2D eigenvalue weighted by atomic mass is 16.5. The van der Waals surface area contributed by atoms with Crippen LogP contribution < -0.4 is 10.1 Å². The lowest BCUT2D eigenvalue weighted by Gasteiger charge is -2.36. The Balaban J connectivity index is 1.63. The molecular weight excluding hydrogens is 238 g/mol. The molecule has 1 aliphatic carbocycles. The number of benzene rings is 1. The van der Waals surface area contributed by atoms with Crippen molar-refractivity contribution in [1.29, 1.82) is 0 Å². The SMILES string of the molecule is C=COCCCNC1CC(c2ccc(OC)cc2)C1. The summed E-state index contributed by atoms with van der Waals surface area (Å²) in [5, 5.41) is 3.56. The van der Waals surface area contributed by atoms with Crippen LogP contribution in [0.1, 0.15) is 30.7 Å². The summed E-state index contributed by atoms with van der Waals surface area (Å²) >= 11 is 0. The summed E-state index contributed by atoms with van der Waals surface area (Å²) in [6.45, 7) is 5.30. The fourth-order valence-electron chi connectivity index (χ4n) is 2.48. The molecule has 3 nitrogen and oxygen atoms in total. The smallest absolute Gasteiger partial charge is 0.118 e. The highest BCUT2D eigenvalue weighted by molar-refractivity contribution is 5.30. The zero-order valence-corrected chi connectivity index (χ0v) is 11.6. The van der Waals surface area contributed by atoms with E-state index >= 15 is 0 Å². The molecule has 3 heteroatoms. The van der Waals surface area contributed by atoms with Crippen LogP contribution in [-0.2, 0) is 4.74 Å². The average molecular weight is 261 g/mol. The van der Waals surface area contributed by atoms with Crippen molar-refractivity contribution >= 4 is 0 Å². The van der Waals surface area contributed by atoms with Crippen LogP contribution in [0.3, 0.4) is 0 Å². The molecule has 0 atom stereocenters. The van der Waals surface area contributed by atoms with E-state index in [1.807, 2.05) is 12.1 Å². The Morgan fingerprint density at radius 3 is 2.68 bits per heavy atom. The van der Waals surface area contributed by atoms with Crippen LogP contribution >= 0.6 is 0 Å². The summed E-state index contributed by atoms with van der Waals surface area (Å²) in [6.07, 6.45) is 5.00. The molecule has 1 N–H and O–H groups in total. The first-order chi connectivity index (χ1) is 9.33. The Morgan fingerprint density at radius 2 is 2.05 bits per heavy atom. The Hall–Kier alpha value is -1.48. The average Bonchev–Trinajstić information content (AvgIpc) is 2.41. The van der Waals surface area contributed by atoms with Gasteiger partial charge in [0.2, 0.25) is 0 Å². The van der Waals surface area contributed by atoms with Crippen molar-refractivity contribution in [1.82, 2.24) is 5.32 Å². The van der Waals surface area contributed by atoms with Crippen molar-refractivity contribution in [2.24, 2.45) is 0 Å². The number of nitrogens with one attached hydrogen (secondary N) is 1. The molecular formula is C16H23NO2. The fraction of sp³-hybridized carbons (Fsp3) is 0.500. The molecule has 0 unspecified atom stereocenters. The minimum Gasteiger partial charge on any atom is -0.502 e. The second kappa shape index (κ2) is 7.19. The van der Waals surface area contributed by atoms with Gasteiger partial charge in [-0.2, -0.15) is 0 Å². The maximum absolute atomic E-state index is 5.18. The molecule has 0 saturated heterocycles. The molecule has 0 bridgehead atoms. The maximum atomic E-state index is 5.18. The van der Waals surface area contributed by atoms with Gasteiger partial charge in [-0.1, -0.05) is 18.7 Å². The molecule has 0 aliphatic heterocycles. The van der Waals surface area contributed by atoms with Crippen LogP contribution in [0.2, 0.25) is 0 Å². The van der Waals surface area contributed by atoms with Gasteiger partial charge in [-0.15, -0.1) is 0 Å². The van der Waals surface area contributed by atoms with Crippen molar-refractivity contribution < 1.29 is 9.47 Å². The van der Waals surface area contributed by atoms with Gasteiger partial charge in [-0.05, 0) is 49.4 Å². The van der Waals surface area contributed by atoms with Crippen molar-refractivity contribution in [2.45, 2.75) is 31.2 Å². The van der Waals surface area contributed by atoms with E-state index in [0.29, 0.717) is 12.0 Å². The van der Waals surface area contributed by atoms with Crippen molar-refractivity contribution in [3.8, 4) is 5.75 Å². The minimum atomic E-state index is 0.663. The highest BCUT2D eigenvalue weighted by Crippen LogP contribution is 2.37. The third-order valence-electron chi connectivity index (χ3n) is 3.72. The largest absolute Gasteiger partial charge is 0.502 e. The molecule has 1 saturated carbocycles. The summed E-state index contributed by atoms with van der Waals surface area (Å²) in [5.41, 5.74) is 1.42. The van der Waals surface area contributed by atoms with E-state index < -0.39 is 0 Å². The van der Waals surface area contributed by atoms with E-state index in [4.69, 9.17) is 9.47 Å². The predicted octanol–water partition coefficient (Wildman–Crippen LogP) is 3.08. The van der Waals surface area contributed by atoms with Crippen LogP contribution in [-0.4, -0.2) is 26.3 Å². The van der Waals surface area contributed by atoms with Crippen molar-refractivity contribution in [2.75, 3.05) is 20.3 Å². The summed E-state index contributed by atoms with van der Waals surface area (Å²) in [7, 11) is 1.70. The monoisotopic (exact) mass is 261 g/mol. The van der Waals surface area contributed by atoms with E-state index in [0.717, 1.165) is 25.3 Å². The molecule has 1 aromatic carbocycles. The van der Waals surface area contributed by atoms with Crippen LogP contribution in [0.4, 0.5) is 0 Å². The Bertz CT molecular complexity index is 382. The molecule has 0 amide bonds. The van der Waals surface area contributed by atoms with Gasteiger partial charge in [0.15, 0.2) is 0 Å².